The van der Waals surface area contributed by atoms with Crippen molar-refractivity contribution in [2.45, 2.75) is 13.5 Å². The van der Waals surface area contributed by atoms with Crippen LogP contribution in [-0.2, 0) is 6.54 Å². The maximum atomic E-state index is 12.1. The largest absolute Gasteiger partial charge is 0.433 e. The van der Waals surface area contributed by atoms with Crippen molar-refractivity contribution in [3.8, 4) is 11.6 Å². The van der Waals surface area contributed by atoms with Crippen molar-refractivity contribution in [3.63, 3.8) is 0 Å². The molecule has 0 amide bonds. The fraction of sp³-hybridized carbons (Fsp3) is 0.125. The second-order valence-corrected chi connectivity index (χ2v) is 5.32. The third-order valence-electron chi connectivity index (χ3n) is 3.26. The molecule has 0 aliphatic heterocycles. The van der Waals surface area contributed by atoms with Crippen LogP contribution in [0.1, 0.15) is 6.92 Å². The summed E-state index contributed by atoms with van der Waals surface area (Å²) in [6, 6.07) is 11.7. The van der Waals surface area contributed by atoms with E-state index in [-0.39, 0.29) is 11.4 Å². The smallest absolute Gasteiger partial charge is 0.313 e. The van der Waals surface area contributed by atoms with Crippen LogP contribution in [0, 0.1) is 0 Å². The van der Waals surface area contributed by atoms with Crippen molar-refractivity contribution >= 4 is 26.7 Å². The molecule has 0 unspecified atom stereocenters. The van der Waals surface area contributed by atoms with Crippen LogP contribution in [0.5, 0.6) is 11.6 Å². The monoisotopic (exact) mass is 344 g/mol. The summed E-state index contributed by atoms with van der Waals surface area (Å²) in [5.41, 5.74) is -0.236. The Hall–Kier alpha value is -2.14. The normalized spacial score (nSPS) is 10.8. The Morgan fingerprint density at radius 3 is 2.86 bits per heavy atom. The van der Waals surface area contributed by atoms with Gasteiger partial charge in [0.2, 0.25) is 0 Å². The van der Waals surface area contributed by atoms with E-state index in [0.29, 0.717) is 12.3 Å². The Labute approximate surface area is 130 Å². The molecule has 1 heterocycles. The van der Waals surface area contributed by atoms with Gasteiger partial charge in [-0.15, -0.1) is 0 Å². The highest BCUT2D eigenvalue weighted by molar-refractivity contribution is 9.10. The number of hydrogen-bond acceptors (Lipinski definition) is 3. The minimum absolute atomic E-state index is 0.0790. The summed E-state index contributed by atoms with van der Waals surface area (Å²) >= 11 is 3.54. The van der Waals surface area contributed by atoms with Gasteiger partial charge in [-0.05, 0) is 39.7 Å². The van der Waals surface area contributed by atoms with Crippen molar-refractivity contribution in [3.05, 3.63) is 63.6 Å². The van der Waals surface area contributed by atoms with Crippen LogP contribution in [0.15, 0.2) is 58.1 Å². The molecule has 0 atom stereocenters. The predicted octanol–water partition coefficient (Wildman–Crippen LogP) is 3.97. The van der Waals surface area contributed by atoms with Crippen molar-refractivity contribution in [1.29, 1.82) is 0 Å². The van der Waals surface area contributed by atoms with Crippen LogP contribution in [0.2, 0.25) is 0 Å². The van der Waals surface area contributed by atoms with Crippen LogP contribution >= 0.6 is 15.9 Å². The maximum Gasteiger partial charge on any atom is 0.313 e. The summed E-state index contributed by atoms with van der Waals surface area (Å²) in [5, 5.41) is 2.13. The van der Waals surface area contributed by atoms with Gasteiger partial charge in [0.15, 0.2) is 0 Å². The quantitative estimate of drug-likeness (QED) is 0.721. The van der Waals surface area contributed by atoms with E-state index in [1.807, 2.05) is 43.3 Å². The number of nitrogens with zero attached hydrogens (tertiary/aromatic N) is 2. The molecule has 5 heteroatoms. The first kappa shape index (κ1) is 13.8. The van der Waals surface area contributed by atoms with Crippen molar-refractivity contribution in [2.24, 2.45) is 0 Å². The third kappa shape index (κ3) is 2.56. The molecule has 0 spiro atoms. The highest BCUT2D eigenvalue weighted by atomic mass is 79.9. The minimum atomic E-state index is -0.236. The average Bonchev–Trinajstić information content (AvgIpc) is 2.52. The Morgan fingerprint density at radius 2 is 2.05 bits per heavy atom. The van der Waals surface area contributed by atoms with E-state index in [2.05, 4.69) is 20.9 Å². The van der Waals surface area contributed by atoms with Gasteiger partial charge in [-0.25, -0.2) is 4.98 Å². The Morgan fingerprint density at radius 1 is 1.24 bits per heavy atom. The summed E-state index contributed by atoms with van der Waals surface area (Å²) in [6.45, 7) is 2.48. The predicted molar refractivity (Wildman–Crippen MR) is 85.9 cm³/mol. The van der Waals surface area contributed by atoms with Gasteiger partial charge < -0.3 is 9.30 Å². The Kier molecular flexibility index (Phi) is 3.75. The molecule has 1 aromatic heterocycles. The zero-order valence-electron chi connectivity index (χ0n) is 11.4. The molecule has 0 saturated carbocycles. The fourth-order valence-corrected chi connectivity index (χ4v) is 2.72. The number of ether oxygens (including phenoxy) is 1. The van der Waals surface area contributed by atoms with Gasteiger partial charge in [0.25, 0.3) is 5.88 Å². The molecule has 4 nitrogen and oxygen atoms in total. The Bertz CT molecular complexity index is 858. The molecule has 0 aliphatic carbocycles. The van der Waals surface area contributed by atoms with E-state index in [9.17, 15) is 4.79 Å². The van der Waals surface area contributed by atoms with Gasteiger partial charge in [-0.2, -0.15) is 0 Å². The number of aryl methyl sites for hydroxylation is 1. The molecular weight excluding hydrogens is 332 g/mol. The third-order valence-corrected chi connectivity index (χ3v) is 4.08. The van der Waals surface area contributed by atoms with Crippen LogP contribution in [-0.4, -0.2) is 9.55 Å². The summed E-state index contributed by atoms with van der Waals surface area (Å²) < 4.78 is 8.07. The van der Waals surface area contributed by atoms with Gasteiger partial charge >= 0.3 is 5.56 Å². The second-order valence-electron chi connectivity index (χ2n) is 4.52. The zero-order chi connectivity index (χ0) is 14.8. The van der Waals surface area contributed by atoms with E-state index in [1.165, 1.54) is 0 Å². The first-order valence-electron chi connectivity index (χ1n) is 6.61. The number of fused-ring (bicyclic) bond motifs is 1. The first-order valence-corrected chi connectivity index (χ1v) is 7.40. The number of halogens is 1. The number of hydrogen-bond donors (Lipinski definition) is 0. The minimum Gasteiger partial charge on any atom is -0.433 e. The summed E-state index contributed by atoms with van der Waals surface area (Å²) in [6.07, 6.45) is 3.21. The molecule has 0 radical (unpaired) electrons. The molecule has 2 aromatic carbocycles. The van der Waals surface area contributed by atoms with Gasteiger partial charge in [0.1, 0.15) is 5.75 Å². The zero-order valence-corrected chi connectivity index (χ0v) is 13.0. The summed E-state index contributed by atoms with van der Waals surface area (Å²) in [5.74, 6) is 0.655. The van der Waals surface area contributed by atoms with E-state index in [4.69, 9.17) is 4.74 Å². The van der Waals surface area contributed by atoms with E-state index in [1.54, 1.807) is 17.0 Å². The molecule has 3 aromatic rings. The van der Waals surface area contributed by atoms with Crippen molar-refractivity contribution < 1.29 is 4.74 Å². The molecule has 0 saturated heterocycles. The molecule has 0 fully saturated rings. The lowest BCUT2D eigenvalue weighted by molar-refractivity contribution is 0.444. The Balaban J connectivity index is 2.07. The van der Waals surface area contributed by atoms with Crippen molar-refractivity contribution in [2.75, 3.05) is 0 Å². The van der Waals surface area contributed by atoms with E-state index >= 15 is 0 Å². The van der Waals surface area contributed by atoms with E-state index < -0.39 is 0 Å². The van der Waals surface area contributed by atoms with Gasteiger partial charge in [-0.3, -0.25) is 4.79 Å². The van der Waals surface area contributed by atoms with Crippen LogP contribution in [0.25, 0.3) is 10.8 Å². The SMILES string of the molecule is CCn1ccnc(Oc2ccc3ccccc3c2Br)c1=O. The summed E-state index contributed by atoms with van der Waals surface area (Å²) in [7, 11) is 0. The summed E-state index contributed by atoms with van der Waals surface area (Å²) in [4.78, 5) is 16.2. The number of rotatable bonds is 3. The maximum absolute atomic E-state index is 12.1. The molecule has 106 valence electrons. The van der Waals surface area contributed by atoms with Crippen LogP contribution in [0.3, 0.4) is 0 Å². The molecular formula is C16H13BrN2O2. The standard InChI is InChI=1S/C16H13BrN2O2/c1-2-19-10-9-18-15(16(19)20)21-13-8-7-11-5-3-4-6-12(11)14(13)17/h3-10H,2H2,1H3. The lowest BCUT2D eigenvalue weighted by Crippen LogP contribution is -2.20. The fourth-order valence-electron chi connectivity index (χ4n) is 2.14. The van der Waals surface area contributed by atoms with Gasteiger partial charge in [0, 0.05) is 18.9 Å². The highest BCUT2D eigenvalue weighted by Crippen LogP contribution is 2.34. The van der Waals surface area contributed by atoms with Crippen molar-refractivity contribution in [1.82, 2.24) is 9.55 Å². The molecule has 21 heavy (non-hydrogen) atoms. The first-order chi connectivity index (χ1) is 10.2. The van der Waals surface area contributed by atoms with Gasteiger partial charge in [0.05, 0.1) is 4.47 Å². The molecule has 0 N–H and O–H groups in total. The second kappa shape index (κ2) is 5.69. The van der Waals surface area contributed by atoms with E-state index in [0.717, 1.165) is 15.2 Å². The highest BCUT2D eigenvalue weighted by Gasteiger charge is 2.11. The van der Waals surface area contributed by atoms with Crippen LogP contribution < -0.4 is 10.3 Å². The molecule has 0 bridgehead atoms. The topological polar surface area (TPSA) is 44.1 Å². The van der Waals surface area contributed by atoms with Gasteiger partial charge in [-0.1, -0.05) is 30.3 Å². The lowest BCUT2D eigenvalue weighted by Gasteiger charge is -2.10. The molecule has 0 aliphatic rings. The lowest BCUT2D eigenvalue weighted by atomic mass is 10.1. The van der Waals surface area contributed by atoms with Crippen LogP contribution in [0.4, 0.5) is 0 Å². The average molecular weight is 345 g/mol. The number of aromatic nitrogens is 2. The number of benzene rings is 2. The molecule has 3 rings (SSSR count).